The van der Waals surface area contributed by atoms with Crippen LogP contribution in [0.5, 0.6) is 5.75 Å². The number of benzene rings is 1. The summed E-state index contributed by atoms with van der Waals surface area (Å²) in [6, 6.07) is 4.71. The van der Waals surface area contributed by atoms with E-state index in [2.05, 4.69) is 6.92 Å². The minimum absolute atomic E-state index is 0.190. The van der Waals surface area contributed by atoms with Crippen LogP contribution in [0.15, 0.2) is 18.2 Å². The monoisotopic (exact) mass is 280 g/mol. The van der Waals surface area contributed by atoms with Gasteiger partial charge in [-0.2, -0.15) is 0 Å². The third-order valence-electron chi connectivity index (χ3n) is 4.30. The Morgan fingerprint density at radius 1 is 1.55 bits per heavy atom. The van der Waals surface area contributed by atoms with Crippen molar-refractivity contribution in [1.82, 2.24) is 0 Å². The summed E-state index contributed by atoms with van der Waals surface area (Å²) in [7, 11) is 1.42. The van der Waals surface area contributed by atoms with Crippen molar-refractivity contribution in [3.63, 3.8) is 0 Å². The summed E-state index contributed by atoms with van der Waals surface area (Å²) in [5, 5.41) is 9.62. The van der Waals surface area contributed by atoms with Crippen molar-refractivity contribution in [3.05, 3.63) is 29.6 Å². The van der Waals surface area contributed by atoms with Crippen molar-refractivity contribution in [2.45, 2.75) is 39.0 Å². The molecular formula is C16H21FO3. The van der Waals surface area contributed by atoms with Crippen LogP contribution < -0.4 is 4.74 Å². The van der Waals surface area contributed by atoms with E-state index in [0.717, 1.165) is 18.4 Å². The van der Waals surface area contributed by atoms with E-state index in [4.69, 9.17) is 4.74 Å². The molecule has 2 unspecified atom stereocenters. The first kappa shape index (κ1) is 14.8. The molecule has 0 saturated heterocycles. The Morgan fingerprint density at radius 3 is 2.85 bits per heavy atom. The van der Waals surface area contributed by atoms with E-state index in [0.29, 0.717) is 25.2 Å². The lowest BCUT2D eigenvalue weighted by Crippen LogP contribution is -2.37. The normalized spacial score (nSPS) is 26.2. The molecule has 1 N–H and O–H groups in total. The standard InChI is InChI=1S/C16H21FO3/c1-11-4-3-7-16(9-11,15(18)19)10-12-5-6-14(20-2)13(17)8-12/h5-6,8,11H,3-4,7,9-10H2,1-2H3,(H,18,19). The van der Waals surface area contributed by atoms with Crippen molar-refractivity contribution in [2.75, 3.05) is 7.11 Å². The van der Waals surface area contributed by atoms with Crippen LogP contribution in [0.4, 0.5) is 4.39 Å². The Hall–Kier alpha value is -1.58. The van der Waals surface area contributed by atoms with Crippen LogP contribution in [0.2, 0.25) is 0 Å². The van der Waals surface area contributed by atoms with Crippen LogP contribution in [0.25, 0.3) is 0 Å². The van der Waals surface area contributed by atoms with Gasteiger partial charge in [0.1, 0.15) is 0 Å². The Balaban J connectivity index is 2.24. The first-order valence-electron chi connectivity index (χ1n) is 7.03. The van der Waals surface area contributed by atoms with Gasteiger partial charge in [-0.3, -0.25) is 4.79 Å². The van der Waals surface area contributed by atoms with E-state index >= 15 is 0 Å². The molecule has 4 heteroatoms. The molecule has 1 aromatic carbocycles. The fourth-order valence-electron chi connectivity index (χ4n) is 3.30. The fourth-order valence-corrected chi connectivity index (χ4v) is 3.30. The van der Waals surface area contributed by atoms with E-state index in [-0.39, 0.29) is 5.75 Å². The minimum Gasteiger partial charge on any atom is -0.494 e. The third-order valence-corrected chi connectivity index (χ3v) is 4.30. The maximum atomic E-state index is 13.7. The predicted molar refractivity (Wildman–Crippen MR) is 74.4 cm³/mol. The zero-order valence-electron chi connectivity index (χ0n) is 12.0. The van der Waals surface area contributed by atoms with Gasteiger partial charge in [0.25, 0.3) is 0 Å². The third kappa shape index (κ3) is 2.94. The summed E-state index contributed by atoms with van der Waals surface area (Å²) in [5.74, 6) is -0.604. The molecule has 1 saturated carbocycles. The van der Waals surface area contributed by atoms with Crippen molar-refractivity contribution >= 4 is 5.97 Å². The van der Waals surface area contributed by atoms with Crippen LogP contribution in [-0.2, 0) is 11.2 Å². The minimum atomic E-state index is -0.764. The summed E-state index contributed by atoms with van der Waals surface area (Å²) in [4.78, 5) is 11.7. The highest BCUT2D eigenvalue weighted by Crippen LogP contribution is 2.42. The number of hydrogen-bond donors (Lipinski definition) is 1. The molecular weight excluding hydrogens is 259 g/mol. The van der Waals surface area contributed by atoms with Crippen LogP contribution in [0, 0.1) is 17.2 Å². The molecule has 3 nitrogen and oxygen atoms in total. The van der Waals surface area contributed by atoms with Crippen LogP contribution in [0.3, 0.4) is 0 Å². The van der Waals surface area contributed by atoms with Gasteiger partial charge in [-0.05, 0) is 42.9 Å². The number of methoxy groups -OCH3 is 1. The summed E-state index contributed by atoms with van der Waals surface area (Å²) >= 11 is 0. The summed E-state index contributed by atoms with van der Waals surface area (Å²) < 4.78 is 18.6. The summed E-state index contributed by atoms with van der Waals surface area (Å²) in [5.41, 5.74) is -0.0293. The first-order valence-corrected chi connectivity index (χ1v) is 7.03. The highest BCUT2D eigenvalue weighted by Gasteiger charge is 2.41. The van der Waals surface area contributed by atoms with E-state index in [1.807, 2.05) is 0 Å². The van der Waals surface area contributed by atoms with Crippen LogP contribution in [0.1, 0.15) is 38.2 Å². The second-order valence-corrected chi connectivity index (χ2v) is 5.93. The molecule has 0 spiro atoms. The molecule has 1 fully saturated rings. The topological polar surface area (TPSA) is 46.5 Å². The quantitative estimate of drug-likeness (QED) is 0.915. The van der Waals surface area contributed by atoms with Gasteiger partial charge in [0.15, 0.2) is 11.6 Å². The van der Waals surface area contributed by atoms with Crippen molar-refractivity contribution in [1.29, 1.82) is 0 Å². The second kappa shape index (κ2) is 5.81. The molecule has 0 radical (unpaired) electrons. The van der Waals surface area contributed by atoms with Gasteiger partial charge < -0.3 is 9.84 Å². The maximum absolute atomic E-state index is 13.7. The van der Waals surface area contributed by atoms with Gasteiger partial charge in [-0.15, -0.1) is 0 Å². The SMILES string of the molecule is COc1ccc(CC2(C(=O)O)CCCC(C)C2)cc1F. The fraction of sp³-hybridized carbons (Fsp3) is 0.562. The molecule has 20 heavy (non-hydrogen) atoms. The predicted octanol–water partition coefficient (Wildman–Crippen LogP) is 3.66. The number of ether oxygens (including phenoxy) is 1. The highest BCUT2D eigenvalue weighted by molar-refractivity contribution is 5.75. The van der Waals surface area contributed by atoms with Crippen molar-refractivity contribution < 1.29 is 19.0 Å². The molecule has 1 aromatic rings. The lowest BCUT2D eigenvalue weighted by Gasteiger charge is -2.36. The van der Waals surface area contributed by atoms with Crippen molar-refractivity contribution in [3.8, 4) is 5.75 Å². The van der Waals surface area contributed by atoms with Gasteiger partial charge in [0, 0.05) is 0 Å². The van der Waals surface area contributed by atoms with Gasteiger partial charge in [-0.25, -0.2) is 4.39 Å². The van der Waals surface area contributed by atoms with Crippen LogP contribution >= 0.6 is 0 Å². The van der Waals surface area contributed by atoms with Gasteiger partial charge in [-0.1, -0.05) is 25.8 Å². The van der Waals surface area contributed by atoms with Crippen molar-refractivity contribution in [2.24, 2.45) is 11.3 Å². The zero-order chi connectivity index (χ0) is 14.8. The summed E-state index contributed by atoms with van der Waals surface area (Å²) in [6.45, 7) is 2.09. The largest absolute Gasteiger partial charge is 0.494 e. The van der Waals surface area contributed by atoms with Crippen LogP contribution in [-0.4, -0.2) is 18.2 Å². The van der Waals surface area contributed by atoms with E-state index in [1.165, 1.54) is 13.2 Å². The Bertz CT molecular complexity index is 500. The molecule has 0 amide bonds. The Kier molecular flexibility index (Phi) is 4.31. The molecule has 2 atom stereocenters. The molecule has 0 bridgehead atoms. The molecule has 2 rings (SSSR count). The molecule has 0 aliphatic heterocycles. The van der Waals surface area contributed by atoms with Gasteiger partial charge >= 0.3 is 5.97 Å². The first-order chi connectivity index (χ1) is 9.47. The average Bonchev–Trinajstić information content (AvgIpc) is 2.38. The molecule has 1 aliphatic carbocycles. The van der Waals surface area contributed by atoms with E-state index in [1.54, 1.807) is 12.1 Å². The summed E-state index contributed by atoms with van der Waals surface area (Å²) in [6.07, 6.45) is 3.71. The Labute approximate surface area is 118 Å². The molecule has 110 valence electrons. The maximum Gasteiger partial charge on any atom is 0.309 e. The lowest BCUT2D eigenvalue weighted by molar-refractivity contribution is -0.152. The number of halogens is 1. The zero-order valence-corrected chi connectivity index (χ0v) is 12.0. The van der Waals surface area contributed by atoms with Gasteiger partial charge in [0.2, 0.25) is 0 Å². The second-order valence-electron chi connectivity index (χ2n) is 5.93. The van der Waals surface area contributed by atoms with E-state index < -0.39 is 17.2 Å². The van der Waals surface area contributed by atoms with E-state index in [9.17, 15) is 14.3 Å². The highest BCUT2D eigenvalue weighted by atomic mass is 19.1. The number of carbonyl (C=O) groups is 1. The number of carboxylic acids is 1. The molecule has 1 aliphatic rings. The molecule has 0 aromatic heterocycles. The smallest absolute Gasteiger partial charge is 0.309 e. The number of carboxylic acid groups (broad SMARTS) is 1. The molecule has 0 heterocycles. The number of rotatable bonds is 4. The Morgan fingerprint density at radius 2 is 2.30 bits per heavy atom. The van der Waals surface area contributed by atoms with Gasteiger partial charge in [0.05, 0.1) is 12.5 Å². The number of aliphatic carboxylic acids is 1. The average molecular weight is 280 g/mol. The lowest BCUT2D eigenvalue weighted by atomic mass is 9.67. The number of hydrogen-bond acceptors (Lipinski definition) is 2.